The number of amides is 4. The molecule has 4 amide bonds. The standard InChI is InChI=1S/C19H25N3O3S/c23-16-11-14(12-21(16)9-6-15-5-4-10-26-15)13-22-17(24)19(20-18(22)25)7-2-1-3-8-19/h4-5,10,14H,1-3,6-9,11-13H2,(H,20,25). The van der Waals surface area contributed by atoms with Gasteiger partial charge < -0.3 is 10.2 Å². The fraction of sp³-hybridized carbons (Fsp3) is 0.632. The first-order valence-corrected chi connectivity index (χ1v) is 10.4. The topological polar surface area (TPSA) is 69.7 Å². The molecular formula is C19H25N3O3S. The van der Waals surface area contributed by atoms with Gasteiger partial charge in [-0.2, -0.15) is 0 Å². The molecule has 1 aliphatic carbocycles. The number of thiophene rings is 1. The molecule has 1 aromatic heterocycles. The van der Waals surface area contributed by atoms with Crippen molar-refractivity contribution in [2.45, 2.75) is 50.5 Å². The van der Waals surface area contributed by atoms with Crippen LogP contribution in [-0.4, -0.2) is 52.8 Å². The van der Waals surface area contributed by atoms with Crippen LogP contribution < -0.4 is 5.32 Å². The Morgan fingerprint density at radius 2 is 2.00 bits per heavy atom. The highest BCUT2D eigenvalue weighted by atomic mass is 32.1. The quantitative estimate of drug-likeness (QED) is 0.804. The van der Waals surface area contributed by atoms with Crippen molar-refractivity contribution in [3.05, 3.63) is 22.4 Å². The molecule has 1 atom stereocenters. The zero-order chi connectivity index (χ0) is 18.1. The summed E-state index contributed by atoms with van der Waals surface area (Å²) in [5, 5.41) is 4.99. The molecule has 2 saturated heterocycles. The molecule has 0 aromatic carbocycles. The number of carbonyl (C=O) groups is 3. The first-order chi connectivity index (χ1) is 12.6. The Morgan fingerprint density at radius 3 is 2.73 bits per heavy atom. The van der Waals surface area contributed by atoms with Crippen molar-refractivity contribution < 1.29 is 14.4 Å². The molecule has 1 spiro atoms. The third kappa shape index (κ3) is 3.24. The Labute approximate surface area is 157 Å². The van der Waals surface area contributed by atoms with E-state index in [0.29, 0.717) is 26.1 Å². The summed E-state index contributed by atoms with van der Waals surface area (Å²) in [7, 11) is 0. The Bertz CT molecular complexity index is 697. The zero-order valence-corrected chi connectivity index (χ0v) is 15.7. The molecule has 140 valence electrons. The average Bonchev–Trinajstić information content (AvgIpc) is 3.31. The minimum absolute atomic E-state index is 0.0410. The van der Waals surface area contributed by atoms with Crippen molar-refractivity contribution in [1.29, 1.82) is 0 Å². The molecule has 0 bridgehead atoms. The summed E-state index contributed by atoms with van der Waals surface area (Å²) < 4.78 is 0. The molecule has 2 aliphatic heterocycles. The van der Waals surface area contributed by atoms with E-state index in [1.54, 1.807) is 11.3 Å². The molecule has 1 saturated carbocycles. The maximum Gasteiger partial charge on any atom is 0.325 e. The van der Waals surface area contributed by atoms with Crippen LogP contribution in [0, 0.1) is 5.92 Å². The molecule has 26 heavy (non-hydrogen) atoms. The number of likely N-dealkylation sites (tertiary alicyclic amines) is 1. The number of nitrogens with one attached hydrogen (secondary N) is 1. The van der Waals surface area contributed by atoms with E-state index in [2.05, 4.69) is 11.4 Å². The van der Waals surface area contributed by atoms with Crippen molar-refractivity contribution >= 4 is 29.2 Å². The number of nitrogens with zero attached hydrogens (tertiary/aromatic N) is 2. The van der Waals surface area contributed by atoms with Gasteiger partial charge in [0.25, 0.3) is 5.91 Å². The summed E-state index contributed by atoms with van der Waals surface area (Å²) in [5.74, 6) is 0.0944. The molecule has 4 rings (SSSR count). The van der Waals surface area contributed by atoms with Crippen molar-refractivity contribution in [3.8, 4) is 0 Å². The zero-order valence-electron chi connectivity index (χ0n) is 14.9. The van der Waals surface area contributed by atoms with Gasteiger partial charge in [0.2, 0.25) is 5.91 Å². The number of carbonyl (C=O) groups excluding carboxylic acids is 3. The van der Waals surface area contributed by atoms with E-state index in [1.165, 1.54) is 9.78 Å². The second-order valence-corrected chi connectivity index (χ2v) is 8.76. The molecule has 3 heterocycles. The minimum atomic E-state index is -0.670. The molecule has 1 aromatic rings. The number of hydrogen-bond acceptors (Lipinski definition) is 4. The normalized spacial score (nSPS) is 25.4. The van der Waals surface area contributed by atoms with E-state index in [9.17, 15) is 14.4 Å². The molecule has 6 nitrogen and oxygen atoms in total. The third-order valence-corrected chi connectivity index (χ3v) is 6.83. The number of urea groups is 1. The summed E-state index contributed by atoms with van der Waals surface area (Å²) in [4.78, 5) is 42.1. The number of rotatable bonds is 5. The van der Waals surface area contributed by atoms with Gasteiger partial charge in [0.15, 0.2) is 0 Å². The van der Waals surface area contributed by atoms with E-state index >= 15 is 0 Å². The number of hydrogen-bond donors (Lipinski definition) is 1. The van der Waals surface area contributed by atoms with Crippen molar-refractivity contribution in [1.82, 2.24) is 15.1 Å². The van der Waals surface area contributed by atoms with Crippen LogP contribution in [0.1, 0.15) is 43.4 Å². The lowest BCUT2D eigenvalue weighted by Crippen LogP contribution is -2.48. The fourth-order valence-corrected chi connectivity index (χ4v) is 5.18. The summed E-state index contributed by atoms with van der Waals surface area (Å²) in [6.45, 7) is 1.70. The maximum atomic E-state index is 12.9. The van der Waals surface area contributed by atoms with Crippen LogP contribution >= 0.6 is 11.3 Å². The fourth-order valence-electron chi connectivity index (χ4n) is 4.49. The molecule has 0 radical (unpaired) electrons. The average molecular weight is 375 g/mol. The van der Waals surface area contributed by atoms with E-state index < -0.39 is 5.54 Å². The van der Waals surface area contributed by atoms with Gasteiger partial charge in [-0.3, -0.25) is 14.5 Å². The molecule has 3 fully saturated rings. The van der Waals surface area contributed by atoms with Crippen LogP contribution in [0.3, 0.4) is 0 Å². The van der Waals surface area contributed by atoms with E-state index in [4.69, 9.17) is 0 Å². The van der Waals surface area contributed by atoms with Gasteiger partial charge in [-0.25, -0.2) is 4.79 Å². The lowest BCUT2D eigenvalue weighted by Gasteiger charge is -2.30. The predicted octanol–water partition coefficient (Wildman–Crippen LogP) is 2.39. The summed E-state index contributed by atoms with van der Waals surface area (Å²) in [6, 6.07) is 3.83. The van der Waals surface area contributed by atoms with Gasteiger partial charge in [0.05, 0.1) is 0 Å². The molecule has 3 aliphatic rings. The molecule has 7 heteroatoms. The van der Waals surface area contributed by atoms with Gasteiger partial charge in [-0.15, -0.1) is 11.3 Å². The van der Waals surface area contributed by atoms with Gasteiger partial charge in [-0.05, 0) is 30.7 Å². The van der Waals surface area contributed by atoms with Gasteiger partial charge in [-0.1, -0.05) is 25.3 Å². The van der Waals surface area contributed by atoms with E-state index in [-0.39, 0.29) is 23.8 Å². The third-order valence-electron chi connectivity index (χ3n) is 5.90. The largest absolute Gasteiger partial charge is 0.342 e. The highest BCUT2D eigenvalue weighted by Gasteiger charge is 2.51. The van der Waals surface area contributed by atoms with Gasteiger partial charge in [0.1, 0.15) is 5.54 Å². The second kappa shape index (κ2) is 7.02. The Kier molecular flexibility index (Phi) is 4.73. The summed E-state index contributed by atoms with van der Waals surface area (Å²) in [5.41, 5.74) is -0.670. The maximum absolute atomic E-state index is 12.9. The first-order valence-electron chi connectivity index (χ1n) is 9.52. The summed E-state index contributed by atoms with van der Waals surface area (Å²) in [6.07, 6.45) is 5.86. The van der Waals surface area contributed by atoms with Crippen LogP contribution in [0.25, 0.3) is 0 Å². The van der Waals surface area contributed by atoms with Crippen LogP contribution in [-0.2, 0) is 16.0 Å². The van der Waals surface area contributed by atoms with Gasteiger partial charge in [0, 0.05) is 36.9 Å². The van der Waals surface area contributed by atoms with Crippen molar-refractivity contribution in [3.63, 3.8) is 0 Å². The van der Waals surface area contributed by atoms with Gasteiger partial charge >= 0.3 is 6.03 Å². The predicted molar refractivity (Wildman–Crippen MR) is 98.8 cm³/mol. The van der Waals surface area contributed by atoms with E-state index in [0.717, 1.165) is 38.5 Å². The Morgan fingerprint density at radius 1 is 1.19 bits per heavy atom. The second-order valence-electron chi connectivity index (χ2n) is 7.73. The van der Waals surface area contributed by atoms with Crippen molar-refractivity contribution in [2.24, 2.45) is 5.92 Å². The van der Waals surface area contributed by atoms with Crippen LogP contribution in [0.2, 0.25) is 0 Å². The highest BCUT2D eigenvalue weighted by Crippen LogP contribution is 2.34. The highest BCUT2D eigenvalue weighted by molar-refractivity contribution is 7.09. The van der Waals surface area contributed by atoms with Crippen LogP contribution in [0.4, 0.5) is 4.79 Å². The van der Waals surface area contributed by atoms with Crippen LogP contribution in [0.15, 0.2) is 17.5 Å². The van der Waals surface area contributed by atoms with E-state index in [1.807, 2.05) is 16.3 Å². The number of imide groups is 1. The molecule has 1 N–H and O–H groups in total. The smallest absolute Gasteiger partial charge is 0.325 e. The minimum Gasteiger partial charge on any atom is -0.342 e. The monoisotopic (exact) mass is 375 g/mol. The SMILES string of the molecule is O=C1CC(CN2C(=O)NC3(CCCCC3)C2=O)CN1CCc1cccs1. The molecular weight excluding hydrogens is 350 g/mol. The Hall–Kier alpha value is -1.89. The lowest BCUT2D eigenvalue weighted by molar-refractivity contribution is -0.133. The Balaban J connectivity index is 1.35. The van der Waals surface area contributed by atoms with Crippen LogP contribution in [0.5, 0.6) is 0 Å². The molecule has 1 unspecified atom stereocenters. The van der Waals surface area contributed by atoms with Crippen molar-refractivity contribution in [2.75, 3.05) is 19.6 Å². The lowest BCUT2D eigenvalue weighted by atomic mass is 9.81. The summed E-state index contributed by atoms with van der Waals surface area (Å²) >= 11 is 1.70. The first kappa shape index (κ1) is 17.5.